The van der Waals surface area contributed by atoms with Crippen LogP contribution >= 0.6 is 0 Å². The zero-order valence-electron chi connectivity index (χ0n) is 13.4. The van der Waals surface area contributed by atoms with E-state index in [2.05, 4.69) is 20.2 Å². The summed E-state index contributed by atoms with van der Waals surface area (Å²) in [4.78, 5) is 12.2. The Morgan fingerprint density at radius 3 is 2.46 bits per heavy atom. The number of sulfonamides is 1. The van der Waals surface area contributed by atoms with Gasteiger partial charge in [0.05, 0.1) is 16.8 Å². The molecule has 3 rings (SSSR count). The van der Waals surface area contributed by atoms with Crippen LogP contribution in [0, 0.1) is 5.82 Å². The zero-order chi connectivity index (χ0) is 18.6. The molecule has 0 aliphatic carbocycles. The van der Waals surface area contributed by atoms with E-state index >= 15 is 0 Å². The van der Waals surface area contributed by atoms with Crippen LogP contribution in [0.1, 0.15) is 16.1 Å². The minimum atomic E-state index is -3.98. The highest BCUT2D eigenvalue weighted by atomic mass is 32.2. The fraction of sp³-hybridized carbons (Fsp3) is 0.0588. The monoisotopic (exact) mass is 374 g/mol. The van der Waals surface area contributed by atoms with Crippen molar-refractivity contribution in [2.45, 2.75) is 11.4 Å². The van der Waals surface area contributed by atoms with Crippen molar-refractivity contribution in [3.63, 3.8) is 0 Å². The normalized spacial score (nSPS) is 11.1. The van der Waals surface area contributed by atoms with Gasteiger partial charge < -0.3 is 5.32 Å². The standard InChI is InChI=1S/C17H15FN4O3S/c18-13-6-8-14(9-7-13)26(24,25)22-15-11-20-21-16(15)17(23)19-10-12-4-2-1-3-5-12/h1-9,11,22H,10H2,(H,19,23)(H,20,21). The average Bonchev–Trinajstić information content (AvgIpc) is 3.08. The molecule has 1 heterocycles. The number of amides is 1. The summed E-state index contributed by atoms with van der Waals surface area (Å²) in [7, 11) is -3.98. The van der Waals surface area contributed by atoms with Gasteiger partial charge in [-0.2, -0.15) is 5.10 Å². The summed E-state index contributed by atoms with van der Waals surface area (Å²) in [6, 6.07) is 13.6. The molecule has 0 atom stereocenters. The maximum absolute atomic E-state index is 13.0. The number of nitrogens with one attached hydrogen (secondary N) is 3. The summed E-state index contributed by atoms with van der Waals surface area (Å²) in [6.07, 6.45) is 1.19. The maximum Gasteiger partial charge on any atom is 0.271 e. The minimum Gasteiger partial charge on any atom is -0.347 e. The lowest BCUT2D eigenvalue weighted by molar-refractivity contribution is 0.0947. The summed E-state index contributed by atoms with van der Waals surface area (Å²) >= 11 is 0. The molecule has 1 aromatic heterocycles. The summed E-state index contributed by atoms with van der Waals surface area (Å²) in [6.45, 7) is 0.281. The molecule has 0 fully saturated rings. The molecule has 9 heteroatoms. The molecule has 0 bridgehead atoms. The molecular formula is C17H15FN4O3S. The fourth-order valence-corrected chi connectivity index (χ4v) is 3.28. The lowest BCUT2D eigenvalue weighted by Gasteiger charge is -2.09. The number of H-pyrrole nitrogens is 1. The van der Waals surface area contributed by atoms with Gasteiger partial charge in [0.25, 0.3) is 15.9 Å². The highest BCUT2D eigenvalue weighted by Crippen LogP contribution is 2.18. The molecule has 0 saturated carbocycles. The van der Waals surface area contributed by atoms with Crippen LogP contribution in [-0.2, 0) is 16.6 Å². The summed E-state index contributed by atoms with van der Waals surface area (Å²) in [5.41, 5.74) is 0.875. The van der Waals surface area contributed by atoms with E-state index in [9.17, 15) is 17.6 Å². The van der Waals surface area contributed by atoms with Crippen LogP contribution < -0.4 is 10.0 Å². The van der Waals surface area contributed by atoms with Gasteiger partial charge in [-0.3, -0.25) is 14.6 Å². The molecule has 134 valence electrons. The van der Waals surface area contributed by atoms with Gasteiger partial charge in [0, 0.05) is 6.54 Å². The van der Waals surface area contributed by atoms with Crippen LogP contribution in [0.3, 0.4) is 0 Å². The SMILES string of the molecule is O=C(NCc1ccccc1)c1[nH]ncc1NS(=O)(=O)c1ccc(F)cc1. The first-order chi connectivity index (χ1) is 12.5. The lowest BCUT2D eigenvalue weighted by Crippen LogP contribution is -2.25. The number of rotatable bonds is 6. The number of carbonyl (C=O) groups excluding carboxylic acids is 1. The number of anilines is 1. The summed E-state index contributed by atoms with van der Waals surface area (Å²) < 4.78 is 40.0. The van der Waals surface area contributed by atoms with Crippen molar-refractivity contribution >= 4 is 21.6 Å². The largest absolute Gasteiger partial charge is 0.347 e. The van der Waals surface area contributed by atoms with E-state index in [1.807, 2.05) is 30.3 Å². The van der Waals surface area contributed by atoms with Crippen LogP contribution in [0.2, 0.25) is 0 Å². The van der Waals surface area contributed by atoms with Crippen LogP contribution in [0.15, 0.2) is 65.7 Å². The van der Waals surface area contributed by atoms with E-state index in [0.29, 0.717) is 0 Å². The van der Waals surface area contributed by atoms with Gasteiger partial charge in [0.2, 0.25) is 0 Å². The third kappa shape index (κ3) is 4.06. The van der Waals surface area contributed by atoms with Crippen molar-refractivity contribution in [2.24, 2.45) is 0 Å². The minimum absolute atomic E-state index is 0.000105. The van der Waals surface area contributed by atoms with Gasteiger partial charge >= 0.3 is 0 Å². The Bertz CT molecular complexity index is 1000. The highest BCUT2D eigenvalue weighted by molar-refractivity contribution is 7.92. The molecule has 3 N–H and O–H groups in total. The number of halogens is 1. The Morgan fingerprint density at radius 1 is 1.08 bits per heavy atom. The third-order valence-corrected chi connectivity index (χ3v) is 4.91. The first kappa shape index (κ1) is 17.6. The molecular weight excluding hydrogens is 359 g/mol. The van der Waals surface area contributed by atoms with Gasteiger partial charge in [0.1, 0.15) is 11.5 Å². The fourth-order valence-electron chi connectivity index (χ4n) is 2.22. The van der Waals surface area contributed by atoms with E-state index < -0.39 is 21.7 Å². The van der Waals surface area contributed by atoms with Crippen molar-refractivity contribution in [3.05, 3.63) is 77.9 Å². The molecule has 3 aromatic rings. The molecule has 0 aliphatic rings. The predicted octanol–water partition coefficient (Wildman–Crippen LogP) is 2.28. The van der Waals surface area contributed by atoms with E-state index in [1.54, 1.807) is 0 Å². The Kier molecular flexibility index (Phi) is 4.99. The quantitative estimate of drug-likeness (QED) is 0.616. The van der Waals surface area contributed by atoms with E-state index in [-0.39, 0.29) is 22.8 Å². The lowest BCUT2D eigenvalue weighted by atomic mass is 10.2. The van der Waals surface area contributed by atoms with E-state index in [1.165, 1.54) is 6.20 Å². The second kappa shape index (κ2) is 7.36. The predicted molar refractivity (Wildman–Crippen MR) is 93.4 cm³/mol. The topological polar surface area (TPSA) is 104 Å². The Labute approximate surface area is 149 Å². The number of nitrogens with zero attached hydrogens (tertiary/aromatic N) is 1. The van der Waals surface area contributed by atoms with Gasteiger partial charge in [-0.25, -0.2) is 12.8 Å². The van der Waals surface area contributed by atoms with Crippen molar-refractivity contribution < 1.29 is 17.6 Å². The smallest absolute Gasteiger partial charge is 0.271 e. The van der Waals surface area contributed by atoms with E-state index in [0.717, 1.165) is 29.8 Å². The molecule has 0 saturated heterocycles. The molecule has 7 nitrogen and oxygen atoms in total. The third-order valence-electron chi connectivity index (χ3n) is 3.53. The molecule has 26 heavy (non-hydrogen) atoms. The van der Waals surface area contributed by atoms with Gasteiger partial charge in [0.15, 0.2) is 0 Å². The van der Waals surface area contributed by atoms with Crippen LogP contribution in [0.4, 0.5) is 10.1 Å². The summed E-state index contributed by atoms with van der Waals surface area (Å²) in [5, 5.41) is 8.87. The molecule has 0 spiro atoms. The first-order valence-electron chi connectivity index (χ1n) is 7.59. The summed E-state index contributed by atoms with van der Waals surface area (Å²) in [5.74, 6) is -1.06. The highest BCUT2D eigenvalue weighted by Gasteiger charge is 2.20. The number of aromatic nitrogens is 2. The molecule has 0 unspecified atom stereocenters. The number of benzene rings is 2. The van der Waals surface area contributed by atoms with Gasteiger partial charge in [-0.15, -0.1) is 0 Å². The number of hydrogen-bond acceptors (Lipinski definition) is 4. The number of aromatic amines is 1. The average molecular weight is 374 g/mol. The maximum atomic E-state index is 13.0. The number of hydrogen-bond donors (Lipinski definition) is 3. The molecule has 2 aromatic carbocycles. The Hall–Kier alpha value is -3.20. The molecule has 0 radical (unpaired) electrons. The van der Waals surface area contributed by atoms with Crippen LogP contribution in [-0.4, -0.2) is 24.5 Å². The van der Waals surface area contributed by atoms with Crippen molar-refractivity contribution in [2.75, 3.05) is 4.72 Å². The molecule has 1 amide bonds. The van der Waals surface area contributed by atoms with E-state index in [4.69, 9.17) is 0 Å². The Balaban J connectivity index is 1.73. The zero-order valence-corrected chi connectivity index (χ0v) is 14.3. The van der Waals surface area contributed by atoms with Crippen molar-refractivity contribution in [1.29, 1.82) is 0 Å². The van der Waals surface area contributed by atoms with Gasteiger partial charge in [-0.1, -0.05) is 30.3 Å². The van der Waals surface area contributed by atoms with Crippen molar-refractivity contribution in [1.82, 2.24) is 15.5 Å². The Morgan fingerprint density at radius 2 is 1.77 bits per heavy atom. The first-order valence-corrected chi connectivity index (χ1v) is 9.08. The van der Waals surface area contributed by atoms with Crippen LogP contribution in [0.5, 0.6) is 0 Å². The van der Waals surface area contributed by atoms with Crippen molar-refractivity contribution in [3.8, 4) is 0 Å². The van der Waals surface area contributed by atoms with Gasteiger partial charge in [-0.05, 0) is 29.8 Å². The second-order valence-corrected chi connectivity index (χ2v) is 7.07. The molecule has 0 aliphatic heterocycles. The second-order valence-electron chi connectivity index (χ2n) is 5.39. The number of carbonyl (C=O) groups is 1. The van der Waals surface area contributed by atoms with Crippen LogP contribution in [0.25, 0.3) is 0 Å².